The third-order valence-corrected chi connectivity index (χ3v) is 1.51. The van der Waals surface area contributed by atoms with Crippen molar-refractivity contribution in [3.63, 3.8) is 0 Å². The molecule has 3 nitrogen and oxygen atoms in total. The van der Waals surface area contributed by atoms with Crippen molar-refractivity contribution >= 4 is 6.41 Å². The summed E-state index contributed by atoms with van der Waals surface area (Å²) in [5.41, 5.74) is 0.801. The number of hydrogen-bond donors (Lipinski definition) is 1. The molecule has 0 aromatic carbocycles. The first kappa shape index (κ1) is 8.64. The average molecular weight is 168 g/mol. The van der Waals surface area contributed by atoms with Crippen LogP contribution >= 0.6 is 0 Å². The third kappa shape index (κ3) is 1.78. The van der Waals surface area contributed by atoms with Crippen LogP contribution in [0.25, 0.3) is 0 Å². The molecule has 0 aliphatic rings. The zero-order chi connectivity index (χ0) is 8.97. The first-order valence-electron chi connectivity index (χ1n) is 3.52. The number of pyridine rings is 1. The fraction of sp³-hybridized carbons (Fsp3) is 0.250. The van der Waals surface area contributed by atoms with Crippen LogP contribution in [0.2, 0.25) is 0 Å². The highest BCUT2D eigenvalue weighted by Crippen LogP contribution is 2.07. The third-order valence-electron chi connectivity index (χ3n) is 1.51. The second-order valence-corrected chi connectivity index (χ2v) is 2.39. The highest BCUT2D eigenvalue weighted by Gasteiger charge is 2.04. The fourth-order valence-corrected chi connectivity index (χ4v) is 0.858. The maximum absolute atomic E-state index is 13.1. The van der Waals surface area contributed by atoms with Crippen molar-refractivity contribution in [2.75, 3.05) is 0 Å². The zero-order valence-corrected chi connectivity index (χ0v) is 6.67. The Labute approximate surface area is 69.6 Å². The van der Waals surface area contributed by atoms with Gasteiger partial charge >= 0.3 is 0 Å². The van der Waals surface area contributed by atoms with Gasteiger partial charge < -0.3 is 5.32 Å². The van der Waals surface area contributed by atoms with Gasteiger partial charge in [-0.15, -0.1) is 0 Å². The number of carbonyl (C=O) groups is 1. The summed E-state index contributed by atoms with van der Waals surface area (Å²) in [6.07, 6.45) is 2.03. The topological polar surface area (TPSA) is 42.0 Å². The van der Waals surface area contributed by atoms with E-state index in [-0.39, 0.29) is 18.1 Å². The van der Waals surface area contributed by atoms with E-state index in [0.29, 0.717) is 12.0 Å². The number of rotatable bonds is 3. The molecular formula is C8H9FN2O. The number of hydrogen-bond acceptors (Lipinski definition) is 2. The SMILES string of the molecule is Cc1ccnc(CNC=O)c1F. The van der Waals surface area contributed by atoms with Crippen LogP contribution < -0.4 is 5.32 Å². The van der Waals surface area contributed by atoms with Crippen molar-refractivity contribution in [2.45, 2.75) is 13.5 Å². The minimum atomic E-state index is -0.355. The quantitative estimate of drug-likeness (QED) is 0.677. The van der Waals surface area contributed by atoms with E-state index in [1.807, 2.05) is 0 Å². The normalized spacial score (nSPS) is 9.50. The predicted molar refractivity (Wildman–Crippen MR) is 41.8 cm³/mol. The second kappa shape index (κ2) is 3.80. The minimum Gasteiger partial charge on any atom is -0.353 e. The Bertz CT molecular complexity index is 288. The van der Waals surface area contributed by atoms with Crippen LogP contribution in [0.15, 0.2) is 12.3 Å². The van der Waals surface area contributed by atoms with Crippen molar-refractivity contribution in [2.24, 2.45) is 0 Å². The molecule has 1 aromatic rings. The Morgan fingerprint density at radius 3 is 3.17 bits per heavy atom. The van der Waals surface area contributed by atoms with E-state index in [0.717, 1.165) is 0 Å². The summed E-state index contributed by atoms with van der Waals surface area (Å²) in [5.74, 6) is -0.355. The molecule has 1 heterocycles. The minimum absolute atomic E-state index is 0.136. The molecule has 0 saturated carbocycles. The second-order valence-electron chi connectivity index (χ2n) is 2.39. The van der Waals surface area contributed by atoms with Gasteiger partial charge in [0, 0.05) is 6.20 Å². The lowest BCUT2D eigenvalue weighted by Crippen LogP contribution is -2.13. The van der Waals surface area contributed by atoms with E-state index >= 15 is 0 Å². The van der Waals surface area contributed by atoms with Gasteiger partial charge in [0.25, 0.3) is 0 Å². The molecule has 1 amide bonds. The van der Waals surface area contributed by atoms with Gasteiger partial charge in [0.2, 0.25) is 6.41 Å². The lowest BCUT2D eigenvalue weighted by atomic mass is 10.2. The summed E-state index contributed by atoms with van der Waals surface area (Å²) < 4.78 is 13.1. The molecule has 1 aromatic heterocycles. The van der Waals surface area contributed by atoms with Crippen LogP contribution in [0.3, 0.4) is 0 Å². The molecule has 0 unspecified atom stereocenters. The van der Waals surface area contributed by atoms with E-state index in [4.69, 9.17) is 0 Å². The molecule has 0 spiro atoms. The van der Waals surface area contributed by atoms with Gasteiger partial charge in [-0.25, -0.2) is 4.39 Å². The van der Waals surface area contributed by atoms with Crippen LogP contribution in [-0.2, 0) is 11.3 Å². The molecule has 1 N–H and O–H groups in total. The van der Waals surface area contributed by atoms with Crippen LogP contribution in [-0.4, -0.2) is 11.4 Å². The Kier molecular flexibility index (Phi) is 2.74. The van der Waals surface area contributed by atoms with Crippen LogP contribution in [0.1, 0.15) is 11.3 Å². The van der Waals surface area contributed by atoms with Gasteiger partial charge in [-0.1, -0.05) is 0 Å². The summed E-state index contributed by atoms with van der Waals surface area (Å²) in [6.45, 7) is 1.79. The highest BCUT2D eigenvalue weighted by atomic mass is 19.1. The molecule has 0 aliphatic heterocycles. The predicted octanol–water partition coefficient (Wildman–Crippen LogP) is 0.775. The molecule has 0 fully saturated rings. The number of amides is 1. The molecule has 12 heavy (non-hydrogen) atoms. The zero-order valence-electron chi connectivity index (χ0n) is 6.67. The van der Waals surface area contributed by atoms with Gasteiger partial charge in [0.1, 0.15) is 5.82 Å². The summed E-state index contributed by atoms with van der Waals surface area (Å²) in [5, 5.41) is 2.35. The Hall–Kier alpha value is -1.45. The maximum atomic E-state index is 13.1. The number of nitrogens with zero attached hydrogens (tertiary/aromatic N) is 1. The van der Waals surface area contributed by atoms with Crippen molar-refractivity contribution in [3.05, 3.63) is 29.3 Å². The van der Waals surface area contributed by atoms with E-state index in [1.54, 1.807) is 13.0 Å². The maximum Gasteiger partial charge on any atom is 0.207 e. The molecular weight excluding hydrogens is 159 g/mol. The lowest BCUT2D eigenvalue weighted by molar-refractivity contribution is -0.109. The average Bonchev–Trinajstić information content (AvgIpc) is 2.08. The Balaban J connectivity index is 2.84. The van der Waals surface area contributed by atoms with Gasteiger partial charge in [0.05, 0.1) is 12.2 Å². The van der Waals surface area contributed by atoms with E-state index in [9.17, 15) is 9.18 Å². The van der Waals surface area contributed by atoms with E-state index in [1.165, 1.54) is 6.20 Å². The van der Waals surface area contributed by atoms with Crippen molar-refractivity contribution in [1.29, 1.82) is 0 Å². The van der Waals surface area contributed by atoms with Crippen molar-refractivity contribution < 1.29 is 9.18 Å². The van der Waals surface area contributed by atoms with Crippen molar-refractivity contribution in [3.8, 4) is 0 Å². The number of nitrogens with one attached hydrogen (secondary N) is 1. The standard InChI is InChI=1S/C8H9FN2O/c1-6-2-3-11-7(8(6)9)4-10-5-12/h2-3,5H,4H2,1H3,(H,10,12). The van der Waals surface area contributed by atoms with E-state index < -0.39 is 0 Å². The summed E-state index contributed by atoms with van der Waals surface area (Å²) in [7, 11) is 0. The molecule has 0 aliphatic carbocycles. The molecule has 1 rings (SSSR count). The molecule has 64 valence electrons. The first-order valence-corrected chi connectivity index (χ1v) is 3.52. The van der Waals surface area contributed by atoms with E-state index in [2.05, 4.69) is 10.3 Å². The van der Waals surface area contributed by atoms with Gasteiger partial charge in [-0.2, -0.15) is 0 Å². The molecule has 0 saturated heterocycles. The lowest BCUT2D eigenvalue weighted by Gasteiger charge is -2.02. The molecule has 0 radical (unpaired) electrons. The summed E-state index contributed by atoms with van der Waals surface area (Å²) in [6, 6.07) is 1.58. The summed E-state index contributed by atoms with van der Waals surface area (Å²) in [4.78, 5) is 13.7. The molecule has 4 heteroatoms. The number of halogens is 1. The number of aryl methyl sites for hydroxylation is 1. The fourth-order valence-electron chi connectivity index (χ4n) is 0.858. The van der Waals surface area contributed by atoms with Crippen molar-refractivity contribution in [1.82, 2.24) is 10.3 Å². The monoisotopic (exact) mass is 168 g/mol. The van der Waals surface area contributed by atoms with Crippen LogP contribution in [0.4, 0.5) is 4.39 Å². The van der Waals surface area contributed by atoms with Gasteiger partial charge in [-0.05, 0) is 18.6 Å². The Morgan fingerprint density at radius 1 is 1.75 bits per heavy atom. The molecule has 0 atom stereocenters. The molecule has 0 bridgehead atoms. The highest BCUT2D eigenvalue weighted by molar-refractivity contribution is 5.46. The smallest absolute Gasteiger partial charge is 0.207 e. The number of carbonyl (C=O) groups excluding carboxylic acids is 1. The van der Waals surface area contributed by atoms with Crippen LogP contribution in [0, 0.1) is 12.7 Å². The van der Waals surface area contributed by atoms with Gasteiger partial charge in [-0.3, -0.25) is 9.78 Å². The van der Waals surface area contributed by atoms with Gasteiger partial charge in [0.15, 0.2) is 0 Å². The largest absolute Gasteiger partial charge is 0.353 e. The Morgan fingerprint density at radius 2 is 2.50 bits per heavy atom. The summed E-state index contributed by atoms with van der Waals surface area (Å²) >= 11 is 0. The first-order chi connectivity index (χ1) is 5.75. The van der Waals surface area contributed by atoms with Crippen LogP contribution in [0.5, 0.6) is 0 Å². The number of aromatic nitrogens is 1.